The van der Waals surface area contributed by atoms with Gasteiger partial charge in [-0.3, -0.25) is 14.4 Å². The van der Waals surface area contributed by atoms with E-state index in [4.69, 9.17) is 0 Å². The highest BCUT2D eigenvalue weighted by atomic mass is 32.1. The van der Waals surface area contributed by atoms with E-state index in [1.165, 1.54) is 0 Å². The number of nitrogens with one attached hydrogen (secondary N) is 1. The van der Waals surface area contributed by atoms with Crippen molar-refractivity contribution in [2.24, 2.45) is 5.92 Å². The fourth-order valence-corrected chi connectivity index (χ4v) is 4.57. The second-order valence-corrected chi connectivity index (χ2v) is 9.46. The molecule has 6 heteroatoms. The van der Waals surface area contributed by atoms with Crippen molar-refractivity contribution >= 4 is 28.8 Å². The minimum Gasteiger partial charge on any atom is -0.351 e. The van der Waals surface area contributed by atoms with Crippen molar-refractivity contribution in [2.45, 2.75) is 58.9 Å². The quantitative estimate of drug-likeness (QED) is 0.791. The summed E-state index contributed by atoms with van der Waals surface area (Å²) in [7, 11) is 0. The van der Waals surface area contributed by atoms with Crippen LogP contribution >= 0.6 is 11.3 Å². The number of aryl methyl sites for hydroxylation is 2. The first-order chi connectivity index (χ1) is 13.1. The summed E-state index contributed by atoms with van der Waals surface area (Å²) in [5, 5.41) is 5.71. The summed E-state index contributed by atoms with van der Waals surface area (Å²) in [5.74, 6) is -1.73. The van der Waals surface area contributed by atoms with Crippen LogP contribution in [-0.2, 0) is 14.4 Å². The zero-order valence-electron chi connectivity index (χ0n) is 17.0. The lowest BCUT2D eigenvalue weighted by atomic mass is 9.86. The van der Waals surface area contributed by atoms with Gasteiger partial charge in [-0.25, -0.2) is 4.98 Å². The van der Waals surface area contributed by atoms with E-state index in [-0.39, 0.29) is 35.9 Å². The molecule has 2 aromatic rings. The number of ketones is 2. The second-order valence-electron chi connectivity index (χ2n) is 8.57. The van der Waals surface area contributed by atoms with Crippen LogP contribution < -0.4 is 5.32 Å². The van der Waals surface area contributed by atoms with E-state index < -0.39 is 11.8 Å². The fraction of sp³-hybridized carbons (Fsp3) is 0.455. The first kappa shape index (κ1) is 20.4. The number of hydrogen-bond acceptors (Lipinski definition) is 5. The first-order valence-corrected chi connectivity index (χ1v) is 10.3. The van der Waals surface area contributed by atoms with E-state index in [2.05, 4.69) is 10.3 Å². The van der Waals surface area contributed by atoms with Crippen LogP contribution in [0.3, 0.4) is 0 Å². The Labute approximate surface area is 169 Å². The lowest BCUT2D eigenvalue weighted by Crippen LogP contribution is -2.41. The Morgan fingerprint density at radius 3 is 2.39 bits per heavy atom. The largest absolute Gasteiger partial charge is 0.351 e. The van der Waals surface area contributed by atoms with Crippen LogP contribution in [0.2, 0.25) is 0 Å². The highest BCUT2D eigenvalue weighted by molar-refractivity contribution is 7.13. The number of hydrogen-bond donors (Lipinski definition) is 1. The number of benzene rings is 1. The van der Waals surface area contributed by atoms with Crippen molar-refractivity contribution in [1.82, 2.24) is 10.3 Å². The molecule has 1 aliphatic rings. The number of carbonyl (C=O) groups is 3. The fourth-order valence-electron chi connectivity index (χ4n) is 3.94. The Kier molecular flexibility index (Phi) is 5.53. The molecule has 28 heavy (non-hydrogen) atoms. The Balaban J connectivity index is 1.85. The van der Waals surface area contributed by atoms with E-state index in [0.29, 0.717) is 0 Å². The monoisotopic (exact) mass is 398 g/mol. The van der Waals surface area contributed by atoms with Gasteiger partial charge in [-0.15, -0.1) is 11.3 Å². The van der Waals surface area contributed by atoms with Crippen molar-refractivity contribution in [2.75, 3.05) is 0 Å². The van der Waals surface area contributed by atoms with Crippen molar-refractivity contribution in [3.05, 3.63) is 40.4 Å². The van der Waals surface area contributed by atoms with Gasteiger partial charge in [-0.05, 0) is 63.4 Å². The maximum Gasteiger partial charge on any atom is 0.221 e. The molecule has 1 amide bonds. The van der Waals surface area contributed by atoms with Gasteiger partial charge in [0.1, 0.15) is 16.7 Å². The standard InChI is InChI=1S/C22H26N2O3S/c1-12-8-15(21-23-6-7-28-21)9-13(2)18(12)19-16(25)10-14(20(19)27)11-17(26)24-22(3,4)5/h6-9,14,19H,10-11H2,1-5H3,(H,24,26). The predicted octanol–water partition coefficient (Wildman–Crippen LogP) is 3.97. The molecule has 1 N–H and O–H groups in total. The number of amides is 1. The van der Waals surface area contributed by atoms with E-state index >= 15 is 0 Å². The Morgan fingerprint density at radius 2 is 1.86 bits per heavy atom. The lowest BCUT2D eigenvalue weighted by molar-refractivity contribution is -0.129. The highest BCUT2D eigenvalue weighted by Crippen LogP contribution is 2.38. The number of thiazole rings is 1. The molecule has 0 spiro atoms. The molecule has 1 fully saturated rings. The minimum atomic E-state index is -0.766. The van der Waals surface area contributed by atoms with E-state index in [1.54, 1.807) is 17.5 Å². The number of carbonyl (C=O) groups excluding carboxylic acids is 3. The van der Waals surface area contributed by atoms with Crippen LogP contribution in [-0.4, -0.2) is 28.0 Å². The molecule has 1 heterocycles. The van der Waals surface area contributed by atoms with Crippen LogP contribution in [0.1, 0.15) is 56.2 Å². The number of rotatable bonds is 4. The van der Waals surface area contributed by atoms with Crippen LogP contribution in [0.4, 0.5) is 0 Å². The third-order valence-electron chi connectivity index (χ3n) is 4.96. The van der Waals surface area contributed by atoms with Gasteiger partial charge in [0, 0.05) is 41.4 Å². The van der Waals surface area contributed by atoms with Crippen molar-refractivity contribution in [3.8, 4) is 10.6 Å². The number of aromatic nitrogens is 1. The van der Waals surface area contributed by atoms with Crippen LogP contribution in [0.15, 0.2) is 23.7 Å². The van der Waals surface area contributed by atoms with Gasteiger partial charge in [0.15, 0.2) is 5.78 Å². The molecule has 148 valence electrons. The van der Waals surface area contributed by atoms with Crippen LogP contribution in [0, 0.1) is 19.8 Å². The summed E-state index contributed by atoms with van der Waals surface area (Å²) in [6, 6.07) is 3.97. The van der Waals surface area contributed by atoms with Gasteiger partial charge in [-0.1, -0.05) is 0 Å². The molecular formula is C22H26N2O3S. The van der Waals surface area contributed by atoms with Crippen molar-refractivity contribution < 1.29 is 14.4 Å². The molecule has 0 radical (unpaired) electrons. The maximum absolute atomic E-state index is 13.0. The summed E-state index contributed by atoms with van der Waals surface area (Å²) in [4.78, 5) is 42.3. The molecule has 0 bridgehead atoms. The maximum atomic E-state index is 13.0. The molecule has 3 rings (SSSR count). The van der Waals surface area contributed by atoms with Gasteiger partial charge in [-0.2, -0.15) is 0 Å². The average Bonchev–Trinajstić information content (AvgIpc) is 3.17. The Morgan fingerprint density at radius 1 is 1.21 bits per heavy atom. The van der Waals surface area contributed by atoms with Gasteiger partial charge < -0.3 is 5.32 Å². The van der Waals surface area contributed by atoms with Gasteiger partial charge >= 0.3 is 0 Å². The van der Waals surface area contributed by atoms with Gasteiger partial charge in [0.2, 0.25) is 5.91 Å². The first-order valence-electron chi connectivity index (χ1n) is 9.45. The summed E-state index contributed by atoms with van der Waals surface area (Å²) in [6.45, 7) is 9.55. The van der Waals surface area contributed by atoms with E-state index in [1.807, 2.05) is 52.1 Å². The second kappa shape index (κ2) is 7.59. The zero-order valence-corrected chi connectivity index (χ0v) is 17.8. The zero-order chi connectivity index (χ0) is 20.6. The third kappa shape index (κ3) is 4.22. The molecule has 1 aliphatic carbocycles. The average molecular weight is 399 g/mol. The molecule has 2 unspecified atom stereocenters. The molecule has 2 atom stereocenters. The third-order valence-corrected chi connectivity index (χ3v) is 5.79. The highest BCUT2D eigenvalue weighted by Gasteiger charge is 2.44. The van der Waals surface area contributed by atoms with Crippen LogP contribution in [0.25, 0.3) is 10.6 Å². The van der Waals surface area contributed by atoms with E-state index in [9.17, 15) is 14.4 Å². The Bertz CT molecular complexity index is 903. The molecule has 1 aromatic heterocycles. The predicted molar refractivity (Wildman–Crippen MR) is 110 cm³/mol. The lowest BCUT2D eigenvalue weighted by Gasteiger charge is -2.21. The smallest absolute Gasteiger partial charge is 0.221 e. The summed E-state index contributed by atoms with van der Waals surface area (Å²) in [5.41, 5.74) is 3.25. The summed E-state index contributed by atoms with van der Waals surface area (Å²) < 4.78 is 0. The molecular weight excluding hydrogens is 372 g/mol. The van der Waals surface area contributed by atoms with Gasteiger partial charge in [0.25, 0.3) is 0 Å². The molecule has 5 nitrogen and oxygen atoms in total. The molecule has 1 aromatic carbocycles. The number of Topliss-reactive ketones (excluding diaryl/α,β-unsaturated/α-hetero) is 2. The molecule has 0 saturated heterocycles. The van der Waals surface area contributed by atoms with Gasteiger partial charge in [0.05, 0.1) is 0 Å². The molecule has 0 aliphatic heterocycles. The SMILES string of the molecule is Cc1cc(-c2nccs2)cc(C)c1C1C(=O)CC(CC(=O)NC(C)(C)C)C1=O. The Hall–Kier alpha value is -2.34. The topological polar surface area (TPSA) is 76.1 Å². The molecule has 1 saturated carbocycles. The van der Waals surface area contributed by atoms with Crippen LogP contribution in [0.5, 0.6) is 0 Å². The summed E-state index contributed by atoms with van der Waals surface area (Å²) in [6.07, 6.45) is 1.96. The summed E-state index contributed by atoms with van der Waals surface area (Å²) >= 11 is 1.55. The normalized spacial score (nSPS) is 19.9. The number of nitrogens with zero attached hydrogens (tertiary/aromatic N) is 1. The van der Waals surface area contributed by atoms with Crippen molar-refractivity contribution in [1.29, 1.82) is 0 Å². The van der Waals surface area contributed by atoms with Crippen molar-refractivity contribution in [3.63, 3.8) is 0 Å². The van der Waals surface area contributed by atoms with E-state index in [0.717, 1.165) is 27.3 Å². The minimum absolute atomic E-state index is 0.0631.